The van der Waals surface area contributed by atoms with Gasteiger partial charge >= 0.3 is 12.0 Å². The molecular weight excluding hydrogens is 406 g/mol. The Kier molecular flexibility index (Phi) is 6.70. The fourth-order valence-electron chi connectivity index (χ4n) is 3.69. The monoisotopic (exact) mass is 433 g/mol. The lowest BCUT2D eigenvalue weighted by Crippen LogP contribution is -2.46. The van der Waals surface area contributed by atoms with E-state index >= 15 is 0 Å². The minimum absolute atomic E-state index is 0.334. The summed E-state index contributed by atoms with van der Waals surface area (Å²) >= 11 is 1.71. The third-order valence-corrected chi connectivity index (χ3v) is 6.88. The number of esters is 1. The molecule has 0 spiro atoms. The molecule has 1 saturated heterocycles. The van der Waals surface area contributed by atoms with Crippen LogP contribution in [0.15, 0.2) is 29.2 Å². The number of carbonyl (C=O) groups excluding carboxylic acids is 4. The number of hydrogen-bond donors (Lipinski definition) is 1. The molecule has 30 heavy (non-hydrogen) atoms. The summed E-state index contributed by atoms with van der Waals surface area (Å²) in [6.45, 7) is 5.30. The Morgan fingerprint density at radius 3 is 2.60 bits per heavy atom. The number of para-hydroxylation sites is 1. The summed E-state index contributed by atoms with van der Waals surface area (Å²) in [6, 6.07) is 7.03. The zero-order valence-corrected chi connectivity index (χ0v) is 18.3. The number of carbonyl (C=O) groups is 4. The number of nitrogens with one attached hydrogen (secondary N) is 1. The number of benzene rings is 1. The molecule has 9 heteroatoms. The molecule has 2 heterocycles. The van der Waals surface area contributed by atoms with Crippen LogP contribution in [0.25, 0.3) is 0 Å². The molecule has 0 saturated carbocycles. The van der Waals surface area contributed by atoms with E-state index in [0.29, 0.717) is 24.6 Å². The van der Waals surface area contributed by atoms with Gasteiger partial charge in [0, 0.05) is 16.7 Å². The van der Waals surface area contributed by atoms with Gasteiger partial charge in [-0.25, -0.2) is 4.79 Å². The quantitative estimate of drug-likeness (QED) is 0.547. The number of fused-ring (bicyclic) bond motifs is 1. The number of urea groups is 1. The van der Waals surface area contributed by atoms with Crippen molar-refractivity contribution in [2.75, 3.05) is 24.6 Å². The van der Waals surface area contributed by atoms with E-state index < -0.39 is 36.6 Å². The zero-order valence-electron chi connectivity index (χ0n) is 17.5. The Balaban J connectivity index is 1.61. The summed E-state index contributed by atoms with van der Waals surface area (Å²) < 4.78 is 5.12. The average molecular weight is 434 g/mol. The van der Waals surface area contributed by atoms with Crippen molar-refractivity contribution in [2.45, 2.75) is 55.7 Å². The van der Waals surface area contributed by atoms with Gasteiger partial charge in [0.1, 0.15) is 12.1 Å². The first-order valence-electron chi connectivity index (χ1n) is 10.2. The van der Waals surface area contributed by atoms with Crippen LogP contribution < -0.4 is 10.2 Å². The first-order chi connectivity index (χ1) is 14.3. The average Bonchev–Trinajstić information content (AvgIpc) is 2.87. The number of imide groups is 1. The van der Waals surface area contributed by atoms with E-state index in [1.54, 1.807) is 30.5 Å². The van der Waals surface area contributed by atoms with E-state index in [9.17, 15) is 19.2 Å². The summed E-state index contributed by atoms with van der Waals surface area (Å²) in [5, 5.41) is 3.03. The Morgan fingerprint density at radius 1 is 1.23 bits per heavy atom. The predicted octanol–water partition coefficient (Wildman–Crippen LogP) is 2.56. The van der Waals surface area contributed by atoms with E-state index in [0.717, 1.165) is 21.9 Å². The van der Waals surface area contributed by atoms with Gasteiger partial charge in [0.15, 0.2) is 6.61 Å². The van der Waals surface area contributed by atoms with Crippen LogP contribution in [0.5, 0.6) is 0 Å². The topological polar surface area (TPSA) is 96.0 Å². The summed E-state index contributed by atoms with van der Waals surface area (Å²) in [7, 11) is 0. The van der Waals surface area contributed by atoms with Crippen LogP contribution in [-0.2, 0) is 19.1 Å². The predicted molar refractivity (Wildman–Crippen MR) is 113 cm³/mol. The Bertz CT molecular complexity index is 855. The fraction of sp³-hybridized carbons (Fsp3) is 0.524. The van der Waals surface area contributed by atoms with Crippen LogP contribution in [0.3, 0.4) is 0 Å². The van der Waals surface area contributed by atoms with Crippen LogP contribution in [0, 0.1) is 0 Å². The maximum absolute atomic E-state index is 12.8. The maximum atomic E-state index is 12.8. The minimum Gasteiger partial charge on any atom is -0.454 e. The summed E-state index contributed by atoms with van der Waals surface area (Å²) in [5.74, 6) is -1.56. The minimum atomic E-state index is -0.975. The summed E-state index contributed by atoms with van der Waals surface area (Å²) in [6.07, 6.45) is 1.68. The van der Waals surface area contributed by atoms with Crippen molar-refractivity contribution in [2.24, 2.45) is 0 Å². The molecule has 4 amide bonds. The van der Waals surface area contributed by atoms with Crippen molar-refractivity contribution in [1.29, 1.82) is 0 Å². The van der Waals surface area contributed by atoms with Gasteiger partial charge in [0.25, 0.3) is 11.8 Å². The molecule has 3 rings (SSSR count). The third kappa shape index (κ3) is 4.30. The van der Waals surface area contributed by atoms with Crippen molar-refractivity contribution < 1.29 is 23.9 Å². The van der Waals surface area contributed by atoms with Crippen LogP contribution >= 0.6 is 11.8 Å². The molecule has 1 atom stereocenters. The Morgan fingerprint density at radius 2 is 1.93 bits per heavy atom. The van der Waals surface area contributed by atoms with Crippen molar-refractivity contribution >= 4 is 41.3 Å². The first-order valence-corrected chi connectivity index (χ1v) is 11.0. The molecule has 1 N–H and O–H groups in total. The van der Waals surface area contributed by atoms with E-state index in [1.165, 1.54) is 0 Å². The van der Waals surface area contributed by atoms with Crippen LogP contribution in [0.1, 0.15) is 40.0 Å². The highest BCUT2D eigenvalue weighted by Gasteiger charge is 2.49. The molecule has 162 valence electrons. The van der Waals surface area contributed by atoms with E-state index in [-0.39, 0.29) is 5.91 Å². The van der Waals surface area contributed by atoms with Crippen molar-refractivity contribution in [3.8, 4) is 0 Å². The number of anilines is 1. The largest absolute Gasteiger partial charge is 0.454 e. The highest BCUT2D eigenvalue weighted by Crippen LogP contribution is 2.37. The number of rotatable bonds is 6. The van der Waals surface area contributed by atoms with Gasteiger partial charge in [-0.3, -0.25) is 19.3 Å². The standard InChI is InChI=1S/C21H27N3O5S/c1-4-21(5-2)19(27)24(20(28)22-21)12-18(26)29-13-17(25)23-11-10-14(3)30-16-9-7-6-8-15(16)23/h6-9,14H,4-5,10-13H2,1-3H3,(H,22,28). The molecule has 2 aliphatic heterocycles. The smallest absolute Gasteiger partial charge is 0.326 e. The second-order valence-electron chi connectivity index (χ2n) is 7.50. The van der Waals surface area contributed by atoms with E-state index in [2.05, 4.69) is 12.2 Å². The van der Waals surface area contributed by atoms with E-state index in [1.807, 2.05) is 24.3 Å². The maximum Gasteiger partial charge on any atom is 0.326 e. The van der Waals surface area contributed by atoms with Gasteiger partial charge in [-0.15, -0.1) is 11.8 Å². The van der Waals surface area contributed by atoms with Gasteiger partial charge in [0.2, 0.25) is 0 Å². The summed E-state index contributed by atoms with van der Waals surface area (Å²) in [5.41, 5.74) is -0.171. The number of ether oxygens (including phenoxy) is 1. The van der Waals surface area contributed by atoms with Crippen LogP contribution in [-0.4, -0.2) is 59.2 Å². The molecule has 0 aliphatic carbocycles. The second-order valence-corrected chi connectivity index (χ2v) is 8.98. The van der Waals surface area contributed by atoms with Gasteiger partial charge in [-0.2, -0.15) is 0 Å². The number of nitrogens with zero attached hydrogens (tertiary/aromatic N) is 2. The molecule has 1 fully saturated rings. The highest BCUT2D eigenvalue weighted by molar-refractivity contribution is 8.00. The normalized spacial score (nSPS) is 20.4. The van der Waals surface area contributed by atoms with Crippen LogP contribution in [0.2, 0.25) is 0 Å². The van der Waals surface area contributed by atoms with Crippen LogP contribution in [0.4, 0.5) is 10.5 Å². The van der Waals surface area contributed by atoms with Crippen molar-refractivity contribution in [3.05, 3.63) is 24.3 Å². The van der Waals surface area contributed by atoms with E-state index in [4.69, 9.17) is 4.74 Å². The molecule has 1 aromatic carbocycles. The van der Waals surface area contributed by atoms with Gasteiger partial charge in [0.05, 0.1) is 5.69 Å². The molecule has 0 radical (unpaired) electrons. The highest BCUT2D eigenvalue weighted by atomic mass is 32.2. The summed E-state index contributed by atoms with van der Waals surface area (Å²) in [4.78, 5) is 53.3. The van der Waals surface area contributed by atoms with Gasteiger partial charge < -0.3 is 15.0 Å². The Hall–Kier alpha value is -2.55. The Labute approximate surface area is 180 Å². The molecule has 8 nitrogen and oxygen atoms in total. The molecule has 1 aromatic rings. The molecule has 0 bridgehead atoms. The third-order valence-electron chi connectivity index (χ3n) is 5.64. The lowest BCUT2D eigenvalue weighted by atomic mass is 9.93. The lowest BCUT2D eigenvalue weighted by Gasteiger charge is -2.23. The van der Waals surface area contributed by atoms with Gasteiger partial charge in [-0.05, 0) is 31.4 Å². The lowest BCUT2D eigenvalue weighted by molar-refractivity contribution is -0.150. The fourth-order valence-corrected chi connectivity index (χ4v) is 4.80. The van der Waals surface area contributed by atoms with Gasteiger partial charge in [-0.1, -0.05) is 32.9 Å². The first kappa shape index (κ1) is 22.1. The molecule has 2 aliphatic rings. The second kappa shape index (κ2) is 9.07. The molecule has 1 unspecified atom stereocenters. The zero-order chi connectivity index (χ0) is 21.9. The molecular formula is C21H27N3O5S. The van der Waals surface area contributed by atoms with Crippen molar-refractivity contribution in [3.63, 3.8) is 0 Å². The number of hydrogen-bond acceptors (Lipinski definition) is 6. The number of amides is 4. The SMILES string of the molecule is CCC1(CC)NC(=O)N(CC(=O)OCC(=O)N2CCC(C)Sc3ccccc32)C1=O. The molecule has 0 aromatic heterocycles. The van der Waals surface area contributed by atoms with Crippen molar-refractivity contribution in [1.82, 2.24) is 10.2 Å². The number of thioether (sulfide) groups is 1.